The van der Waals surface area contributed by atoms with E-state index in [2.05, 4.69) is 10.5 Å². The van der Waals surface area contributed by atoms with Crippen LogP contribution in [0.25, 0.3) is 0 Å². The minimum atomic E-state index is -3.83. The molecule has 170 valence electrons. The maximum absolute atomic E-state index is 12.9. The third-order valence-corrected chi connectivity index (χ3v) is 6.95. The van der Waals surface area contributed by atoms with E-state index < -0.39 is 27.9 Å². The number of amides is 1. The van der Waals surface area contributed by atoms with E-state index in [1.54, 1.807) is 24.3 Å². The number of carbonyl (C=O) groups excluding carboxylic acids is 1. The standard InChI is InChI=1S/C21H22ClN3O6S/c22-16-5-9-18(10-6-16)32(29,30)25-12-1-2-19(25)21(28)24-23-14-15-3-7-17(8-4-15)31-13-11-20(26)27/h3-10,14,19H,1-2,11-13H2,(H,24,28)(H,26,27)/b23-14-/t19-/m0/s1. The number of hydrazone groups is 1. The monoisotopic (exact) mass is 479 g/mol. The lowest BCUT2D eigenvalue weighted by Crippen LogP contribution is -2.44. The van der Waals surface area contributed by atoms with Crippen LogP contribution in [0.3, 0.4) is 0 Å². The Kier molecular flexibility index (Phi) is 7.84. The number of sulfonamides is 1. The highest BCUT2D eigenvalue weighted by atomic mass is 35.5. The number of hydrogen-bond acceptors (Lipinski definition) is 6. The Balaban J connectivity index is 1.58. The highest BCUT2D eigenvalue weighted by Gasteiger charge is 2.39. The number of nitrogens with zero attached hydrogens (tertiary/aromatic N) is 2. The van der Waals surface area contributed by atoms with Gasteiger partial charge in [-0.25, -0.2) is 13.8 Å². The molecule has 0 aromatic heterocycles. The van der Waals surface area contributed by atoms with Crippen LogP contribution in [0.5, 0.6) is 5.75 Å². The van der Waals surface area contributed by atoms with Gasteiger partial charge in [-0.3, -0.25) is 9.59 Å². The van der Waals surface area contributed by atoms with Crippen LogP contribution in [0.15, 0.2) is 58.5 Å². The van der Waals surface area contributed by atoms with Crippen molar-refractivity contribution in [3.63, 3.8) is 0 Å². The second kappa shape index (κ2) is 10.6. The molecule has 0 bridgehead atoms. The molecule has 9 nitrogen and oxygen atoms in total. The third-order valence-electron chi connectivity index (χ3n) is 4.78. The van der Waals surface area contributed by atoms with Gasteiger partial charge in [0.05, 0.1) is 24.1 Å². The number of ether oxygens (including phenoxy) is 1. The van der Waals surface area contributed by atoms with Crippen LogP contribution in [0, 0.1) is 0 Å². The van der Waals surface area contributed by atoms with Gasteiger partial charge in [0.1, 0.15) is 11.8 Å². The van der Waals surface area contributed by atoms with Gasteiger partial charge in [-0.2, -0.15) is 9.41 Å². The lowest BCUT2D eigenvalue weighted by atomic mass is 10.2. The molecule has 1 saturated heterocycles. The van der Waals surface area contributed by atoms with Gasteiger partial charge >= 0.3 is 5.97 Å². The van der Waals surface area contributed by atoms with Crippen molar-refractivity contribution in [1.82, 2.24) is 9.73 Å². The van der Waals surface area contributed by atoms with E-state index >= 15 is 0 Å². The van der Waals surface area contributed by atoms with Crippen LogP contribution < -0.4 is 10.2 Å². The topological polar surface area (TPSA) is 125 Å². The van der Waals surface area contributed by atoms with Gasteiger partial charge < -0.3 is 9.84 Å². The number of rotatable bonds is 9. The maximum atomic E-state index is 12.9. The molecule has 1 atom stereocenters. The van der Waals surface area contributed by atoms with Gasteiger partial charge in [-0.05, 0) is 66.9 Å². The number of benzene rings is 2. The van der Waals surface area contributed by atoms with E-state index in [9.17, 15) is 18.0 Å². The lowest BCUT2D eigenvalue weighted by Gasteiger charge is -2.22. The fourth-order valence-corrected chi connectivity index (χ4v) is 4.97. The fourth-order valence-electron chi connectivity index (χ4n) is 3.18. The zero-order valence-electron chi connectivity index (χ0n) is 17.0. The maximum Gasteiger partial charge on any atom is 0.306 e. The molecule has 1 fully saturated rings. The average molecular weight is 480 g/mol. The third kappa shape index (κ3) is 6.06. The summed E-state index contributed by atoms with van der Waals surface area (Å²) in [4.78, 5) is 23.2. The van der Waals surface area contributed by atoms with Crippen molar-refractivity contribution in [3.8, 4) is 5.75 Å². The highest BCUT2D eigenvalue weighted by Crippen LogP contribution is 2.27. The summed E-state index contributed by atoms with van der Waals surface area (Å²) >= 11 is 5.83. The largest absolute Gasteiger partial charge is 0.493 e. The van der Waals surface area contributed by atoms with E-state index in [1.807, 2.05) is 0 Å². The van der Waals surface area contributed by atoms with Crippen LogP contribution in [-0.4, -0.2) is 55.1 Å². The zero-order chi connectivity index (χ0) is 23.1. The van der Waals surface area contributed by atoms with E-state index in [-0.39, 0.29) is 24.5 Å². The van der Waals surface area contributed by atoms with Crippen molar-refractivity contribution < 1.29 is 27.9 Å². The number of nitrogens with one attached hydrogen (secondary N) is 1. The van der Waals surface area contributed by atoms with Crippen molar-refractivity contribution in [2.45, 2.75) is 30.2 Å². The fraction of sp³-hybridized carbons (Fsp3) is 0.286. The molecule has 0 radical (unpaired) electrons. The molecule has 0 unspecified atom stereocenters. The Morgan fingerprint density at radius 2 is 1.88 bits per heavy atom. The van der Waals surface area contributed by atoms with Crippen molar-refractivity contribution in [1.29, 1.82) is 0 Å². The summed E-state index contributed by atoms with van der Waals surface area (Å²) in [5.74, 6) is -0.933. The predicted molar refractivity (Wildman–Crippen MR) is 118 cm³/mol. The molecule has 2 aromatic carbocycles. The lowest BCUT2D eigenvalue weighted by molar-refractivity contribution is -0.137. The summed E-state index contributed by atoms with van der Waals surface area (Å²) in [6.45, 7) is 0.311. The molecular formula is C21H22ClN3O6S. The molecule has 32 heavy (non-hydrogen) atoms. The van der Waals surface area contributed by atoms with Crippen molar-refractivity contribution >= 4 is 39.7 Å². The second-order valence-electron chi connectivity index (χ2n) is 7.02. The van der Waals surface area contributed by atoms with E-state index in [4.69, 9.17) is 21.4 Å². The molecule has 0 saturated carbocycles. The summed E-state index contributed by atoms with van der Waals surface area (Å²) in [5, 5.41) is 13.0. The summed E-state index contributed by atoms with van der Waals surface area (Å²) in [6.07, 6.45) is 2.29. The molecule has 1 heterocycles. The summed E-state index contributed by atoms with van der Waals surface area (Å²) in [6, 6.07) is 11.7. The van der Waals surface area contributed by atoms with E-state index in [0.29, 0.717) is 29.2 Å². The first-order valence-corrected chi connectivity index (χ1v) is 11.6. The van der Waals surface area contributed by atoms with Crippen LogP contribution in [0.1, 0.15) is 24.8 Å². The SMILES string of the molecule is O=C(O)CCOc1ccc(/C=N\NC(=O)[C@@H]2CCCN2S(=O)(=O)c2ccc(Cl)cc2)cc1. The molecule has 0 aliphatic carbocycles. The molecule has 11 heteroatoms. The quantitative estimate of drug-likeness (QED) is 0.420. The van der Waals surface area contributed by atoms with Crippen LogP contribution >= 0.6 is 11.6 Å². The first-order valence-electron chi connectivity index (χ1n) is 9.82. The van der Waals surface area contributed by atoms with Crippen LogP contribution in [-0.2, 0) is 19.6 Å². The Labute approximate surface area is 190 Å². The average Bonchev–Trinajstić information content (AvgIpc) is 3.26. The number of halogens is 1. The van der Waals surface area contributed by atoms with Crippen LogP contribution in [0.2, 0.25) is 5.02 Å². The predicted octanol–water partition coefficient (Wildman–Crippen LogP) is 2.50. The van der Waals surface area contributed by atoms with Gasteiger partial charge in [0.25, 0.3) is 5.91 Å². The van der Waals surface area contributed by atoms with Gasteiger partial charge in [0.2, 0.25) is 10.0 Å². The molecule has 2 aromatic rings. The van der Waals surface area contributed by atoms with Crippen molar-refractivity contribution in [2.24, 2.45) is 5.10 Å². The highest BCUT2D eigenvalue weighted by molar-refractivity contribution is 7.89. The zero-order valence-corrected chi connectivity index (χ0v) is 18.6. The number of aliphatic carboxylic acids is 1. The molecule has 2 N–H and O–H groups in total. The summed E-state index contributed by atoms with van der Waals surface area (Å²) in [7, 11) is -3.83. The first-order chi connectivity index (χ1) is 15.3. The Hall–Kier alpha value is -2.95. The molecule has 1 aliphatic heterocycles. The summed E-state index contributed by atoms with van der Waals surface area (Å²) in [5.41, 5.74) is 3.08. The second-order valence-corrected chi connectivity index (χ2v) is 9.35. The van der Waals surface area contributed by atoms with Gasteiger partial charge in [-0.1, -0.05) is 11.6 Å². The van der Waals surface area contributed by atoms with Gasteiger partial charge in [0.15, 0.2) is 0 Å². The molecule has 1 amide bonds. The minimum absolute atomic E-state index is 0.0651. The number of hydrogen-bond donors (Lipinski definition) is 2. The minimum Gasteiger partial charge on any atom is -0.493 e. The van der Waals surface area contributed by atoms with Gasteiger partial charge in [0, 0.05) is 11.6 Å². The normalized spacial score (nSPS) is 16.8. The Bertz CT molecular complexity index is 1090. The van der Waals surface area contributed by atoms with Crippen molar-refractivity contribution in [2.75, 3.05) is 13.2 Å². The number of carboxylic acid groups (broad SMARTS) is 1. The van der Waals surface area contributed by atoms with E-state index in [0.717, 1.165) is 0 Å². The molecule has 0 spiro atoms. The number of carboxylic acids is 1. The first kappa shape index (κ1) is 23.7. The Morgan fingerprint density at radius 3 is 2.53 bits per heavy atom. The van der Waals surface area contributed by atoms with Gasteiger partial charge in [-0.15, -0.1) is 0 Å². The van der Waals surface area contributed by atoms with Crippen LogP contribution in [0.4, 0.5) is 0 Å². The smallest absolute Gasteiger partial charge is 0.306 e. The van der Waals surface area contributed by atoms with E-state index in [1.165, 1.54) is 34.8 Å². The Morgan fingerprint density at radius 1 is 1.19 bits per heavy atom. The molecule has 1 aliphatic rings. The molecule has 3 rings (SSSR count). The number of carbonyl (C=O) groups is 2. The van der Waals surface area contributed by atoms with Crippen molar-refractivity contribution in [3.05, 3.63) is 59.1 Å². The summed E-state index contributed by atoms with van der Waals surface area (Å²) < 4.78 is 32.3. The molecular weight excluding hydrogens is 458 g/mol.